The summed E-state index contributed by atoms with van der Waals surface area (Å²) in [6.07, 6.45) is 0. The van der Waals surface area contributed by atoms with Crippen molar-refractivity contribution < 1.29 is 0 Å². The van der Waals surface area contributed by atoms with Gasteiger partial charge in [-0.3, -0.25) is 0 Å². The third-order valence-electron chi connectivity index (χ3n) is 8.79. The summed E-state index contributed by atoms with van der Waals surface area (Å²) >= 11 is 1.87. The Morgan fingerprint density at radius 1 is 0.422 bits per heavy atom. The second-order valence-electron chi connectivity index (χ2n) is 11.4. The molecule has 0 fully saturated rings. The van der Waals surface area contributed by atoms with Gasteiger partial charge in [0.25, 0.3) is 0 Å². The number of aromatic nitrogens is 1. The SMILES string of the molecule is c1ccc(-c2ccc(N(c3cccc4c3sc3ccccc34)c3cccc4c3c3ccccc3n4-c3ccccc3)cc2)cc1. The molecule has 9 rings (SSSR count). The van der Waals surface area contributed by atoms with Gasteiger partial charge in [0.05, 0.1) is 27.1 Å². The van der Waals surface area contributed by atoms with Crippen molar-refractivity contribution in [2.45, 2.75) is 0 Å². The molecule has 9 aromatic rings. The van der Waals surface area contributed by atoms with Gasteiger partial charge in [-0.1, -0.05) is 115 Å². The number of thiophene rings is 1. The molecule has 0 amide bonds. The molecule has 2 heterocycles. The van der Waals surface area contributed by atoms with Crippen LogP contribution in [0.2, 0.25) is 0 Å². The summed E-state index contributed by atoms with van der Waals surface area (Å²) in [5, 5.41) is 5.07. The molecule has 212 valence electrons. The fraction of sp³-hybridized carbons (Fsp3) is 0. The molecule has 0 radical (unpaired) electrons. The molecule has 0 aliphatic carbocycles. The first kappa shape index (κ1) is 25.8. The molecule has 0 saturated heterocycles. The highest BCUT2D eigenvalue weighted by molar-refractivity contribution is 7.26. The molecule has 45 heavy (non-hydrogen) atoms. The van der Waals surface area contributed by atoms with Crippen LogP contribution in [0.15, 0.2) is 170 Å². The molecule has 0 N–H and O–H groups in total. The average Bonchev–Trinajstić information content (AvgIpc) is 3.66. The van der Waals surface area contributed by atoms with Gasteiger partial charge in [-0.25, -0.2) is 0 Å². The van der Waals surface area contributed by atoms with Crippen LogP contribution in [-0.4, -0.2) is 4.57 Å². The van der Waals surface area contributed by atoms with E-state index in [2.05, 4.69) is 179 Å². The minimum atomic E-state index is 1.13. The Hall–Kier alpha value is -5.64. The fourth-order valence-electron chi connectivity index (χ4n) is 6.79. The zero-order valence-corrected chi connectivity index (χ0v) is 25.3. The number of anilines is 3. The molecular weight excluding hydrogens is 565 g/mol. The average molecular weight is 593 g/mol. The quantitative estimate of drug-likeness (QED) is 0.193. The van der Waals surface area contributed by atoms with Crippen LogP contribution >= 0.6 is 11.3 Å². The molecule has 0 unspecified atom stereocenters. The maximum atomic E-state index is 2.47. The van der Waals surface area contributed by atoms with Gasteiger partial charge in [0.15, 0.2) is 0 Å². The molecule has 0 atom stereocenters. The minimum Gasteiger partial charge on any atom is -0.309 e. The van der Waals surface area contributed by atoms with Crippen molar-refractivity contribution in [2.24, 2.45) is 0 Å². The first-order valence-corrected chi connectivity index (χ1v) is 16.1. The van der Waals surface area contributed by atoms with Crippen molar-refractivity contribution in [1.82, 2.24) is 4.57 Å². The number of para-hydroxylation sites is 2. The molecule has 2 nitrogen and oxygen atoms in total. The third-order valence-corrected chi connectivity index (χ3v) is 10.00. The van der Waals surface area contributed by atoms with Gasteiger partial charge in [-0.05, 0) is 65.7 Å². The van der Waals surface area contributed by atoms with Gasteiger partial charge in [0, 0.05) is 37.6 Å². The molecule has 0 aliphatic rings. The Balaban J connectivity index is 1.35. The van der Waals surface area contributed by atoms with Crippen LogP contribution in [0.3, 0.4) is 0 Å². The van der Waals surface area contributed by atoms with Crippen molar-refractivity contribution in [3.63, 3.8) is 0 Å². The topological polar surface area (TPSA) is 8.17 Å². The predicted molar refractivity (Wildman–Crippen MR) is 194 cm³/mol. The van der Waals surface area contributed by atoms with Gasteiger partial charge in [0.2, 0.25) is 0 Å². The van der Waals surface area contributed by atoms with E-state index >= 15 is 0 Å². The zero-order chi connectivity index (χ0) is 29.7. The van der Waals surface area contributed by atoms with Gasteiger partial charge < -0.3 is 9.47 Å². The number of hydrogen-bond acceptors (Lipinski definition) is 2. The maximum Gasteiger partial charge on any atom is 0.0640 e. The van der Waals surface area contributed by atoms with Gasteiger partial charge in [-0.15, -0.1) is 11.3 Å². The van der Waals surface area contributed by atoms with Gasteiger partial charge in [-0.2, -0.15) is 0 Å². The van der Waals surface area contributed by atoms with Crippen LogP contribution in [0.25, 0.3) is 58.8 Å². The van der Waals surface area contributed by atoms with E-state index in [1.54, 1.807) is 0 Å². The van der Waals surface area contributed by atoms with E-state index in [1.165, 1.54) is 58.8 Å². The highest BCUT2D eigenvalue weighted by atomic mass is 32.1. The van der Waals surface area contributed by atoms with E-state index in [0.29, 0.717) is 0 Å². The van der Waals surface area contributed by atoms with Crippen molar-refractivity contribution >= 4 is 70.4 Å². The van der Waals surface area contributed by atoms with Gasteiger partial charge in [0.1, 0.15) is 0 Å². The van der Waals surface area contributed by atoms with Crippen LogP contribution in [0.5, 0.6) is 0 Å². The summed E-state index contributed by atoms with van der Waals surface area (Å²) in [6.45, 7) is 0. The molecule has 2 aromatic heterocycles. The molecule has 0 spiro atoms. The Morgan fingerprint density at radius 2 is 1.02 bits per heavy atom. The maximum absolute atomic E-state index is 2.47. The number of hydrogen-bond donors (Lipinski definition) is 0. The molecule has 3 heteroatoms. The van der Waals surface area contributed by atoms with Crippen LogP contribution in [0.1, 0.15) is 0 Å². The second-order valence-corrected chi connectivity index (χ2v) is 12.4. The molecule has 0 aliphatic heterocycles. The second kappa shape index (κ2) is 10.5. The summed E-state index contributed by atoms with van der Waals surface area (Å²) in [5.74, 6) is 0. The molecule has 7 aromatic carbocycles. The normalized spacial score (nSPS) is 11.6. The number of nitrogens with zero attached hydrogens (tertiary/aromatic N) is 2. The smallest absolute Gasteiger partial charge is 0.0640 e. The number of rotatable bonds is 5. The van der Waals surface area contributed by atoms with Crippen LogP contribution in [-0.2, 0) is 0 Å². The number of benzene rings is 7. The van der Waals surface area contributed by atoms with E-state index in [4.69, 9.17) is 0 Å². The third kappa shape index (κ3) is 4.16. The fourth-order valence-corrected chi connectivity index (χ4v) is 8.00. The molecule has 0 bridgehead atoms. The van der Waals surface area contributed by atoms with Crippen molar-refractivity contribution in [2.75, 3.05) is 4.90 Å². The Kier molecular flexibility index (Phi) is 6.03. The van der Waals surface area contributed by atoms with E-state index in [1.807, 2.05) is 11.3 Å². The van der Waals surface area contributed by atoms with E-state index in [0.717, 1.165) is 17.1 Å². The zero-order valence-electron chi connectivity index (χ0n) is 24.5. The highest BCUT2D eigenvalue weighted by Gasteiger charge is 2.23. The molecular formula is C42H28N2S. The van der Waals surface area contributed by atoms with Crippen molar-refractivity contribution in [3.8, 4) is 16.8 Å². The monoisotopic (exact) mass is 592 g/mol. The Bertz CT molecular complexity index is 2470. The largest absolute Gasteiger partial charge is 0.309 e. The van der Waals surface area contributed by atoms with E-state index < -0.39 is 0 Å². The summed E-state index contributed by atoms with van der Waals surface area (Å²) in [7, 11) is 0. The predicted octanol–water partition coefficient (Wildman–Crippen LogP) is 12.3. The molecule has 0 saturated carbocycles. The number of fused-ring (bicyclic) bond motifs is 6. The summed E-state index contributed by atoms with van der Waals surface area (Å²) in [4.78, 5) is 2.47. The first-order valence-electron chi connectivity index (χ1n) is 15.3. The lowest BCUT2D eigenvalue weighted by Crippen LogP contribution is -2.10. The lowest BCUT2D eigenvalue weighted by Gasteiger charge is -2.27. The standard InChI is InChI=1S/C42H28N2S/c1-3-13-29(14-4-1)30-25-27-32(28-26-30)44(39-23-11-19-34-33-17-8-10-24-40(33)45-42(34)39)38-22-12-21-37-41(38)35-18-7-9-20-36(35)43(37)31-15-5-2-6-16-31/h1-28H. The summed E-state index contributed by atoms with van der Waals surface area (Å²) < 4.78 is 4.98. The van der Waals surface area contributed by atoms with Crippen LogP contribution < -0.4 is 4.90 Å². The lowest BCUT2D eigenvalue weighted by molar-refractivity contribution is 1.18. The summed E-state index contributed by atoms with van der Waals surface area (Å²) in [5.41, 5.74) is 9.45. The lowest BCUT2D eigenvalue weighted by atomic mass is 10.0. The Labute approximate surface area is 265 Å². The van der Waals surface area contributed by atoms with Crippen molar-refractivity contribution in [1.29, 1.82) is 0 Å². The minimum absolute atomic E-state index is 1.13. The van der Waals surface area contributed by atoms with Gasteiger partial charge >= 0.3 is 0 Å². The Morgan fingerprint density at radius 3 is 1.84 bits per heavy atom. The van der Waals surface area contributed by atoms with Crippen LogP contribution in [0, 0.1) is 0 Å². The van der Waals surface area contributed by atoms with Crippen molar-refractivity contribution in [3.05, 3.63) is 170 Å². The van der Waals surface area contributed by atoms with E-state index in [-0.39, 0.29) is 0 Å². The summed E-state index contributed by atoms with van der Waals surface area (Å²) in [6, 6.07) is 61.3. The van der Waals surface area contributed by atoms with E-state index in [9.17, 15) is 0 Å². The highest BCUT2D eigenvalue weighted by Crippen LogP contribution is 2.48. The first-order chi connectivity index (χ1) is 22.3. The van der Waals surface area contributed by atoms with Crippen LogP contribution in [0.4, 0.5) is 17.1 Å².